The van der Waals surface area contributed by atoms with Gasteiger partial charge in [-0.25, -0.2) is 13.5 Å². The molecule has 6 aromatic carbocycles. The van der Waals surface area contributed by atoms with Crippen molar-refractivity contribution in [3.05, 3.63) is 251 Å². The highest BCUT2D eigenvalue weighted by Crippen LogP contribution is 2.34. The topological polar surface area (TPSA) is 220 Å². The number of hydrogen-bond donors (Lipinski definition) is 3. The van der Waals surface area contributed by atoms with Gasteiger partial charge in [-0.3, -0.25) is 14.4 Å². The maximum absolute atomic E-state index is 13.1. The quantitative estimate of drug-likeness (QED) is 0.0823. The molecule has 0 bridgehead atoms. The highest BCUT2D eigenvalue weighted by Gasteiger charge is 2.33. The zero-order chi connectivity index (χ0) is 59.6. The summed E-state index contributed by atoms with van der Waals surface area (Å²) in [4.78, 5) is 37.2. The van der Waals surface area contributed by atoms with Crippen LogP contribution in [-0.2, 0) is 65.5 Å². The molecule has 0 aliphatic heterocycles. The molecule has 0 aliphatic carbocycles. The Bertz CT molecular complexity index is 4310. The minimum atomic E-state index is -4.48. The molecule has 6 heterocycles. The number of ketones is 3. The summed E-state index contributed by atoms with van der Waals surface area (Å²) in [7, 11) is 0. The molecule has 18 heteroatoms. The third-order valence-electron chi connectivity index (χ3n) is 14.5. The first kappa shape index (κ1) is 57.6. The van der Waals surface area contributed by atoms with Crippen LogP contribution in [0.1, 0.15) is 57.0 Å². The van der Waals surface area contributed by atoms with Crippen LogP contribution in [0.5, 0.6) is 0 Å². The van der Waals surface area contributed by atoms with E-state index in [4.69, 9.17) is 17.2 Å². The molecule has 0 radical (unpaired) electrons. The number of anilines is 3. The first-order valence-corrected chi connectivity index (χ1v) is 27.5. The maximum atomic E-state index is 13.1. The van der Waals surface area contributed by atoms with Gasteiger partial charge >= 0.3 is 6.18 Å². The van der Waals surface area contributed by atoms with Gasteiger partial charge in [-0.1, -0.05) is 186 Å². The normalized spacial score (nSPS) is 11.3. The van der Waals surface area contributed by atoms with Gasteiger partial charge in [0.2, 0.25) is 0 Å². The molecule has 0 saturated heterocycles. The number of nitrogens with two attached hydrogens (primary N) is 3. The van der Waals surface area contributed by atoms with E-state index in [1.807, 2.05) is 153 Å². The summed E-state index contributed by atoms with van der Waals surface area (Å²) in [5.41, 5.74) is 32.3. The minimum Gasteiger partial charge on any atom is -0.380 e. The molecule has 12 aromatic rings. The van der Waals surface area contributed by atoms with Crippen molar-refractivity contribution in [2.45, 2.75) is 65.0 Å². The second kappa shape index (κ2) is 25.7. The smallest absolute Gasteiger partial charge is 0.380 e. The van der Waals surface area contributed by atoms with E-state index >= 15 is 0 Å². The van der Waals surface area contributed by atoms with E-state index in [9.17, 15) is 27.6 Å². The van der Waals surface area contributed by atoms with Crippen molar-refractivity contribution < 1.29 is 27.6 Å². The average Bonchev–Trinajstić information content (AvgIpc) is 2.77. The number of halogens is 3. The molecular formula is C67H59F3N12O3. The number of aryl methyl sites for hydroxylation is 2. The van der Waals surface area contributed by atoms with Gasteiger partial charge in [0.25, 0.3) is 0 Å². The van der Waals surface area contributed by atoms with E-state index in [0.717, 1.165) is 84.7 Å². The summed E-state index contributed by atoms with van der Waals surface area (Å²) in [5, 5.41) is 23.7. The number of fused-ring (bicyclic) bond motifs is 3. The molecule has 426 valence electrons. The number of aromatic nitrogens is 9. The molecule has 6 N–H and O–H groups in total. The Morgan fingerprint density at radius 1 is 0.400 bits per heavy atom. The summed E-state index contributed by atoms with van der Waals surface area (Å²) in [6, 6.07) is 56.3. The van der Waals surface area contributed by atoms with Gasteiger partial charge in [0, 0.05) is 73.8 Å². The van der Waals surface area contributed by atoms with Crippen LogP contribution in [0.15, 0.2) is 201 Å². The van der Waals surface area contributed by atoms with Crippen molar-refractivity contribution >= 4 is 51.4 Å². The maximum Gasteiger partial charge on any atom is 0.416 e. The summed E-state index contributed by atoms with van der Waals surface area (Å²) < 4.78 is 44.3. The number of Topliss-reactive ketones (excluding diaryl/α,β-unsaturated/α-hetero) is 3. The van der Waals surface area contributed by atoms with Crippen LogP contribution < -0.4 is 17.2 Å². The van der Waals surface area contributed by atoms with Gasteiger partial charge in [-0.2, -0.15) is 13.2 Å². The van der Waals surface area contributed by atoms with E-state index < -0.39 is 11.7 Å². The highest BCUT2D eigenvalue weighted by molar-refractivity contribution is 5.90. The third-order valence-corrected chi connectivity index (χ3v) is 14.5. The lowest BCUT2D eigenvalue weighted by Crippen LogP contribution is -2.13. The Balaban J connectivity index is 0.000000142. The van der Waals surface area contributed by atoms with Crippen molar-refractivity contribution in [1.29, 1.82) is 0 Å². The number of nitrogen functional groups attached to an aromatic ring is 3. The number of alkyl halides is 3. The number of hydrogen-bond acceptors (Lipinski definition) is 12. The Morgan fingerprint density at radius 3 is 1.05 bits per heavy atom. The Hall–Kier alpha value is -10.6. The van der Waals surface area contributed by atoms with E-state index in [2.05, 4.69) is 50.0 Å². The lowest BCUT2D eigenvalue weighted by Gasteiger charge is -2.12. The molecule has 6 aromatic heterocycles. The van der Waals surface area contributed by atoms with Gasteiger partial charge < -0.3 is 17.2 Å². The minimum absolute atomic E-state index is 0.0120. The van der Waals surface area contributed by atoms with Crippen molar-refractivity contribution in [2.75, 3.05) is 17.2 Å². The zero-order valence-electron chi connectivity index (χ0n) is 46.6. The third kappa shape index (κ3) is 14.0. The molecule has 0 spiro atoms. The van der Waals surface area contributed by atoms with Crippen molar-refractivity contribution in [3.8, 4) is 33.4 Å². The van der Waals surface area contributed by atoms with Crippen LogP contribution in [0.4, 0.5) is 30.6 Å². The van der Waals surface area contributed by atoms with Crippen LogP contribution in [0, 0.1) is 6.92 Å². The monoisotopic (exact) mass is 1140 g/mol. The van der Waals surface area contributed by atoms with Crippen LogP contribution >= 0.6 is 0 Å². The average molecular weight is 1140 g/mol. The lowest BCUT2D eigenvalue weighted by atomic mass is 9.97. The predicted molar refractivity (Wildman–Crippen MR) is 324 cm³/mol. The fourth-order valence-corrected chi connectivity index (χ4v) is 10.1. The van der Waals surface area contributed by atoms with E-state index in [1.54, 1.807) is 31.9 Å². The summed E-state index contributed by atoms with van der Waals surface area (Å²) in [6.45, 7) is 4.17. The van der Waals surface area contributed by atoms with Crippen molar-refractivity contribution in [1.82, 2.24) is 44.5 Å². The van der Waals surface area contributed by atoms with Gasteiger partial charge in [-0.15, -0.1) is 15.3 Å². The van der Waals surface area contributed by atoms with E-state index in [1.165, 1.54) is 29.3 Å². The first-order chi connectivity index (χ1) is 41.1. The summed E-state index contributed by atoms with van der Waals surface area (Å²) in [6.07, 6.45) is 3.46. The van der Waals surface area contributed by atoms with Crippen LogP contribution in [0.2, 0.25) is 0 Å². The Morgan fingerprint density at radius 2 is 0.706 bits per heavy atom. The molecule has 0 amide bonds. The number of nitrogens with zero attached hydrogens (tertiary/aromatic N) is 9. The van der Waals surface area contributed by atoms with Crippen LogP contribution in [0.25, 0.3) is 49.9 Å². The number of rotatable bonds is 16. The molecule has 0 atom stereocenters. The number of pyridine rings is 3. The first-order valence-electron chi connectivity index (χ1n) is 27.5. The van der Waals surface area contributed by atoms with Crippen molar-refractivity contribution in [3.63, 3.8) is 0 Å². The van der Waals surface area contributed by atoms with Gasteiger partial charge in [-0.05, 0) is 93.2 Å². The molecule has 0 unspecified atom stereocenters. The van der Waals surface area contributed by atoms with Gasteiger partial charge in [0.05, 0.1) is 5.56 Å². The number of carbonyl (C=O) groups is 3. The molecule has 0 fully saturated rings. The largest absolute Gasteiger partial charge is 0.416 e. The second-order valence-corrected chi connectivity index (χ2v) is 20.6. The Labute approximate surface area is 487 Å². The lowest BCUT2D eigenvalue weighted by molar-refractivity contribution is -0.138. The SMILES string of the molecule is CCc1ccc(CC(=O)Cc2ccc(-c3cccn4nnc(N)c34)cc2)cc1.Cc1ccc(CC(=O)Cc2ccc(-c3cccn4nnc(N)c34)cc2)cc1.Nc1nnn2cccc(-c3ccc(CC(=O)Cc4ccccc4C(F)(F)F)cc3)c12. The molecular weight excluding hydrogens is 1080 g/mol. The van der Waals surface area contributed by atoms with Crippen LogP contribution in [0.3, 0.4) is 0 Å². The fraction of sp³-hybridized carbons (Fsp3) is 0.149. The predicted octanol–water partition coefficient (Wildman–Crippen LogP) is 11.9. The number of carbonyl (C=O) groups excluding carboxylic acids is 3. The summed E-state index contributed by atoms with van der Waals surface area (Å²) >= 11 is 0. The van der Waals surface area contributed by atoms with Gasteiger partial charge in [0.1, 0.15) is 33.9 Å². The number of benzene rings is 6. The van der Waals surface area contributed by atoms with E-state index in [0.29, 0.717) is 48.7 Å². The molecule has 15 nitrogen and oxygen atoms in total. The molecule has 85 heavy (non-hydrogen) atoms. The molecule has 12 rings (SSSR count). The standard InChI is InChI=1S/C23H22N4O.C22H17F3N4O.C22H20N4O/c1-2-16-5-7-17(8-6-16)14-20(28)15-18-9-11-19(12-10-18)21-4-3-13-27-22(21)23(24)25-26-27;23-22(24,25)19-6-2-1-4-16(19)13-17(30)12-14-7-9-15(10-8-14)18-5-3-11-29-20(18)21(26)27-28-29;1-15-4-6-16(7-5-15)13-19(27)14-17-8-10-18(11-9-17)20-3-2-12-26-21(20)22(23)24-25-26/h3-13H,2,14-15,24H2,1H3;1-11H,12-13,26H2;2-12H,13-14,23H2,1H3. The van der Waals surface area contributed by atoms with Crippen molar-refractivity contribution in [2.24, 2.45) is 0 Å². The molecule has 0 saturated carbocycles. The van der Waals surface area contributed by atoms with E-state index in [-0.39, 0.29) is 35.8 Å². The fourth-order valence-electron chi connectivity index (χ4n) is 10.1. The van der Waals surface area contributed by atoms with Crippen LogP contribution in [-0.4, -0.2) is 61.8 Å². The molecule has 0 aliphatic rings. The Kier molecular flexibility index (Phi) is 17.4. The summed E-state index contributed by atoms with van der Waals surface area (Å²) in [5.74, 6) is 1.26. The zero-order valence-corrected chi connectivity index (χ0v) is 46.6. The van der Waals surface area contributed by atoms with Gasteiger partial charge in [0.15, 0.2) is 17.5 Å². The second-order valence-electron chi connectivity index (χ2n) is 20.6. The highest BCUT2D eigenvalue weighted by atomic mass is 19.4.